The van der Waals surface area contributed by atoms with Crippen LogP contribution in [0.3, 0.4) is 0 Å². The number of carbonyl (C=O) groups is 2. The molecule has 0 radical (unpaired) electrons. The molecular weight excluding hydrogens is 172 g/mol. The molecule has 72 valence electrons. The van der Waals surface area contributed by atoms with Crippen molar-refractivity contribution < 1.29 is 19.4 Å². The van der Waals surface area contributed by atoms with Crippen LogP contribution in [0.5, 0.6) is 0 Å². The van der Waals surface area contributed by atoms with Gasteiger partial charge in [0.1, 0.15) is 6.61 Å². The largest absolute Gasteiger partial charge is 0.481 e. The maximum Gasteiger partial charge on any atom is 0.310 e. The van der Waals surface area contributed by atoms with Crippen LogP contribution in [-0.4, -0.2) is 23.7 Å². The molecule has 0 spiro atoms. The summed E-state index contributed by atoms with van der Waals surface area (Å²) in [6.07, 6.45) is 2.61. The van der Waals surface area contributed by atoms with E-state index in [0.717, 1.165) is 19.3 Å². The molecule has 3 atom stereocenters. The van der Waals surface area contributed by atoms with Crippen molar-refractivity contribution in [1.82, 2.24) is 0 Å². The number of ether oxygens (including phenoxy) is 1. The normalized spacial score (nSPS) is 38.2. The molecule has 1 N–H and O–H groups in total. The van der Waals surface area contributed by atoms with Crippen molar-refractivity contribution in [2.24, 2.45) is 17.8 Å². The minimum atomic E-state index is -0.829. The fourth-order valence-corrected chi connectivity index (χ4v) is 2.42. The molecule has 0 aromatic rings. The summed E-state index contributed by atoms with van der Waals surface area (Å²) in [7, 11) is 0. The summed E-state index contributed by atoms with van der Waals surface area (Å²) in [5.41, 5.74) is 0. The van der Waals surface area contributed by atoms with Gasteiger partial charge in [-0.15, -0.1) is 0 Å². The summed E-state index contributed by atoms with van der Waals surface area (Å²) < 4.78 is 4.85. The number of rotatable bonds is 1. The molecule has 0 amide bonds. The molecular formula is C9H12O4. The standard InChI is InChI=1S/C9H12O4/c10-8(11)7-4-13-9(12)6-3-1-2-5(6)7/h5-7H,1-4H2,(H,10,11). The summed E-state index contributed by atoms with van der Waals surface area (Å²) in [5.74, 6) is -1.61. The lowest BCUT2D eigenvalue weighted by atomic mass is 9.82. The monoisotopic (exact) mass is 184 g/mol. The molecule has 1 saturated carbocycles. The van der Waals surface area contributed by atoms with Crippen LogP contribution in [0.15, 0.2) is 0 Å². The molecule has 2 rings (SSSR count). The Bertz CT molecular complexity index is 248. The summed E-state index contributed by atoms with van der Waals surface area (Å²) in [4.78, 5) is 22.0. The smallest absolute Gasteiger partial charge is 0.310 e. The molecule has 4 heteroatoms. The Balaban J connectivity index is 2.17. The molecule has 1 saturated heterocycles. The van der Waals surface area contributed by atoms with Gasteiger partial charge in [0.15, 0.2) is 0 Å². The van der Waals surface area contributed by atoms with Gasteiger partial charge in [0.25, 0.3) is 0 Å². The Morgan fingerprint density at radius 1 is 1.46 bits per heavy atom. The number of carboxylic acids is 1. The number of esters is 1. The molecule has 3 unspecified atom stereocenters. The highest BCUT2D eigenvalue weighted by molar-refractivity contribution is 5.78. The van der Waals surface area contributed by atoms with E-state index >= 15 is 0 Å². The number of fused-ring (bicyclic) bond motifs is 1. The van der Waals surface area contributed by atoms with Crippen LogP contribution in [-0.2, 0) is 14.3 Å². The van der Waals surface area contributed by atoms with Gasteiger partial charge in [0.05, 0.1) is 11.8 Å². The van der Waals surface area contributed by atoms with Crippen molar-refractivity contribution in [3.63, 3.8) is 0 Å². The topological polar surface area (TPSA) is 63.6 Å². The lowest BCUT2D eigenvalue weighted by Gasteiger charge is -2.29. The van der Waals surface area contributed by atoms with E-state index < -0.39 is 11.9 Å². The number of hydrogen-bond acceptors (Lipinski definition) is 3. The fourth-order valence-electron chi connectivity index (χ4n) is 2.42. The number of carboxylic acid groups (broad SMARTS) is 1. The SMILES string of the molecule is O=C(O)C1COC(=O)C2CCCC12. The number of aliphatic carboxylic acids is 1. The van der Waals surface area contributed by atoms with Crippen molar-refractivity contribution in [3.8, 4) is 0 Å². The van der Waals surface area contributed by atoms with Gasteiger partial charge in [-0.2, -0.15) is 0 Å². The Hall–Kier alpha value is -1.06. The molecule has 2 fully saturated rings. The van der Waals surface area contributed by atoms with E-state index in [0.29, 0.717) is 0 Å². The van der Waals surface area contributed by atoms with Gasteiger partial charge in [-0.05, 0) is 18.8 Å². The van der Waals surface area contributed by atoms with Crippen LogP contribution < -0.4 is 0 Å². The van der Waals surface area contributed by atoms with Crippen molar-refractivity contribution in [2.45, 2.75) is 19.3 Å². The molecule has 1 aliphatic carbocycles. The first-order chi connectivity index (χ1) is 6.20. The number of cyclic esters (lactones) is 1. The van der Waals surface area contributed by atoms with Crippen LogP contribution in [0, 0.1) is 17.8 Å². The summed E-state index contributed by atoms with van der Waals surface area (Å²) in [6, 6.07) is 0. The average molecular weight is 184 g/mol. The van der Waals surface area contributed by atoms with Crippen LogP contribution in [0.4, 0.5) is 0 Å². The van der Waals surface area contributed by atoms with Crippen molar-refractivity contribution in [3.05, 3.63) is 0 Å². The Labute approximate surface area is 75.9 Å². The van der Waals surface area contributed by atoms with Gasteiger partial charge in [-0.3, -0.25) is 9.59 Å². The Kier molecular flexibility index (Phi) is 1.98. The van der Waals surface area contributed by atoms with Gasteiger partial charge in [-0.1, -0.05) is 6.42 Å². The van der Waals surface area contributed by atoms with Gasteiger partial charge in [-0.25, -0.2) is 0 Å². The first-order valence-electron chi connectivity index (χ1n) is 4.59. The first-order valence-corrected chi connectivity index (χ1v) is 4.59. The van der Waals surface area contributed by atoms with Crippen molar-refractivity contribution >= 4 is 11.9 Å². The Morgan fingerprint density at radius 2 is 2.23 bits per heavy atom. The molecule has 2 aliphatic rings. The van der Waals surface area contributed by atoms with Gasteiger partial charge in [0.2, 0.25) is 0 Å². The first kappa shape index (κ1) is 8.53. The van der Waals surface area contributed by atoms with Gasteiger partial charge < -0.3 is 9.84 Å². The van der Waals surface area contributed by atoms with Crippen LogP contribution >= 0.6 is 0 Å². The predicted molar refractivity (Wildman–Crippen MR) is 42.9 cm³/mol. The zero-order chi connectivity index (χ0) is 9.42. The fraction of sp³-hybridized carbons (Fsp3) is 0.778. The zero-order valence-electron chi connectivity index (χ0n) is 7.23. The van der Waals surface area contributed by atoms with E-state index in [9.17, 15) is 9.59 Å². The average Bonchev–Trinajstić information content (AvgIpc) is 2.53. The summed E-state index contributed by atoms with van der Waals surface area (Å²) >= 11 is 0. The van der Waals surface area contributed by atoms with E-state index in [2.05, 4.69) is 0 Å². The second kappa shape index (κ2) is 3.01. The van der Waals surface area contributed by atoms with E-state index in [-0.39, 0.29) is 24.4 Å². The lowest BCUT2D eigenvalue weighted by Crippen LogP contribution is -2.40. The van der Waals surface area contributed by atoms with Crippen LogP contribution in [0.2, 0.25) is 0 Å². The van der Waals surface area contributed by atoms with Crippen molar-refractivity contribution in [1.29, 1.82) is 0 Å². The molecule has 1 heterocycles. The maximum atomic E-state index is 11.2. The zero-order valence-corrected chi connectivity index (χ0v) is 7.23. The maximum absolute atomic E-state index is 11.2. The minimum absolute atomic E-state index is 0.0266. The molecule has 0 bridgehead atoms. The minimum Gasteiger partial charge on any atom is -0.481 e. The van der Waals surface area contributed by atoms with Crippen LogP contribution in [0.25, 0.3) is 0 Å². The van der Waals surface area contributed by atoms with E-state index in [1.165, 1.54) is 0 Å². The molecule has 0 aromatic heterocycles. The lowest BCUT2D eigenvalue weighted by molar-refractivity contribution is -0.167. The van der Waals surface area contributed by atoms with E-state index in [4.69, 9.17) is 9.84 Å². The highest BCUT2D eigenvalue weighted by Gasteiger charge is 2.45. The molecule has 13 heavy (non-hydrogen) atoms. The van der Waals surface area contributed by atoms with Gasteiger partial charge >= 0.3 is 11.9 Å². The third-order valence-corrected chi connectivity index (χ3v) is 3.11. The van der Waals surface area contributed by atoms with Crippen LogP contribution in [0.1, 0.15) is 19.3 Å². The number of hydrogen-bond donors (Lipinski definition) is 1. The quantitative estimate of drug-likeness (QED) is 0.608. The molecule has 4 nitrogen and oxygen atoms in total. The van der Waals surface area contributed by atoms with E-state index in [1.807, 2.05) is 0 Å². The second-order valence-electron chi connectivity index (χ2n) is 3.78. The Morgan fingerprint density at radius 3 is 2.92 bits per heavy atom. The van der Waals surface area contributed by atoms with E-state index in [1.54, 1.807) is 0 Å². The summed E-state index contributed by atoms with van der Waals surface area (Å²) in [6.45, 7) is 0.0648. The molecule has 1 aliphatic heterocycles. The highest BCUT2D eigenvalue weighted by atomic mass is 16.5. The summed E-state index contributed by atoms with van der Waals surface area (Å²) in [5, 5.41) is 8.88. The van der Waals surface area contributed by atoms with Gasteiger partial charge in [0, 0.05) is 0 Å². The third kappa shape index (κ3) is 1.30. The second-order valence-corrected chi connectivity index (χ2v) is 3.78. The highest BCUT2D eigenvalue weighted by Crippen LogP contribution is 2.40. The number of carbonyl (C=O) groups excluding carboxylic acids is 1. The molecule has 0 aromatic carbocycles. The van der Waals surface area contributed by atoms with Crippen molar-refractivity contribution in [2.75, 3.05) is 6.61 Å². The predicted octanol–water partition coefficient (Wildman–Crippen LogP) is 0.660. The third-order valence-electron chi connectivity index (χ3n) is 3.11.